The molecule has 0 unspecified atom stereocenters. The highest BCUT2D eigenvalue weighted by molar-refractivity contribution is 6.15. The first-order valence-corrected chi connectivity index (χ1v) is 17.1. The smallest absolute Gasteiger partial charge is 0.136 e. The Morgan fingerprint density at radius 2 is 0.940 bits per heavy atom. The van der Waals surface area contributed by atoms with Gasteiger partial charge in [-0.3, -0.25) is 0 Å². The number of fused-ring (bicyclic) bond motifs is 7. The minimum absolute atomic E-state index is 0.917. The lowest BCUT2D eigenvalue weighted by Gasteiger charge is -2.29. The van der Waals surface area contributed by atoms with E-state index in [0.29, 0.717) is 0 Å². The standard InChI is InChI=1S/C48H31NO/c1-2-13-32(14-3-1)39-18-8-10-23-45(39)49(46-29-34-15-4-5-17-38(34)40-19-6-7-20-41(40)46)36-27-25-33(26-28-36)37-22-12-16-35-30-48-44(31-43(35)37)42-21-9-11-24-47(42)50-48/h1-31H. The van der Waals surface area contributed by atoms with Crippen molar-refractivity contribution in [2.75, 3.05) is 4.90 Å². The maximum atomic E-state index is 6.23. The number of para-hydroxylation sites is 2. The number of rotatable bonds is 5. The zero-order valence-electron chi connectivity index (χ0n) is 27.3. The summed E-state index contributed by atoms with van der Waals surface area (Å²) >= 11 is 0. The van der Waals surface area contributed by atoms with Crippen LogP contribution in [0.3, 0.4) is 0 Å². The zero-order valence-corrected chi connectivity index (χ0v) is 27.3. The monoisotopic (exact) mass is 637 g/mol. The zero-order chi connectivity index (χ0) is 33.0. The molecule has 0 amide bonds. The lowest BCUT2D eigenvalue weighted by molar-refractivity contribution is 0.669. The van der Waals surface area contributed by atoms with Crippen LogP contribution in [-0.2, 0) is 0 Å². The summed E-state index contributed by atoms with van der Waals surface area (Å²) in [5, 5.41) is 9.60. The van der Waals surface area contributed by atoms with Crippen molar-refractivity contribution in [1.82, 2.24) is 0 Å². The summed E-state index contributed by atoms with van der Waals surface area (Å²) < 4.78 is 6.23. The highest BCUT2D eigenvalue weighted by Gasteiger charge is 2.21. The first-order valence-electron chi connectivity index (χ1n) is 17.1. The average molecular weight is 638 g/mol. The third-order valence-corrected chi connectivity index (χ3v) is 10.0. The second kappa shape index (κ2) is 11.5. The van der Waals surface area contributed by atoms with Crippen LogP contribution >= 0.6 is 0 Å². The molecule has 0 aliphatic heterocycles. The fourth-order valence-electron chi connectivity index (χ4n) is 7.70. The van der Waals surface area contributed by atoms with Crippen LogP contribution in [0, 0.1) is 0 Å². The maximum Gasteiger partial charge on any atom is 0.136 e. The molecule has 2 heteroatoms. The minimum Gasteiger partial charge on any atom is -0.456 e. The van der Waals surface area contributed by atoms with Crippen molar-refractivity contribution >= 4 is 71.3 Å². The average Bonchev–Trinajstić information content (AvgIpc) is 3.55. The van der Waals surface area contributed by atoms with Crippen LogP contribution < -0.4 is 4.90 Å². The number of anilines is 3. The van der Waals surface area contributed by atoms with Crippen LogP contribution in [0.4, 0.5) is 17.1 Å². The molecule has 2 nitrogen and oxygen atoms in total. The fraction of sp³-hybridized carbons (Fsp3) is 0. The van der Waals surface area contributed by atoms with E-state index in [1.54, 1.807) is 0 Å². The number of benzene rings is 9. The molecule has 0 fully saturated rings. The van der Waals surface area contributed by atoms with Crippen molar-refractivity contribution < 1.29 is 4.42 Å². The second-order valence-corrected chi connectivity index (χ2v) is 12.9. The summed E-state index contributed by atoms with van der Waals surface area (Å²) in [4.78, 5) is 2.44. The Hall–Kier alpha value is -6.64. The highest BCUT2D eigenvalue weighted by atomic mass is 16.3. The van der Waals surface area contributed by atoms with E-state index < -0.39 is 0 Å². The molecular weight excluding hydrogens is 607 g/mol. The van der Waals surface area contributed by atoms with Gasteiger partial charge in [0, 0.05) is 27.4 Å². The molecule has 0 saturated heterocycles. The van der Waals surface area contributed by atoms with Crippen LogP contribution in [0.1, 0.15) is 0 Å². The molecule has 1 aromatic heterocycles. The van der Waals surface area contributed by atoms with Crippen molar-refractivity contribution in [1.29, 1.82) is 0 Å². The van der Waals surface area contributed by atoms with Gasteiger partial charge in [-0.25, -0.2) is 0 Å². The number of nitrogens with zero attached hydrogens (tertiary/aromatic N) is 1. The Kier molecular flexibility index (Phi) is 6.53. The van der Waals surface area contributed by atoms with Crippen LogP contribution in [0.25, 0.3) is 76.5 Å². The summed E-state index contributed by atoms with van der Waals surface area (Å²) in [7, 11) is 0. The molecule has 0 aliphatic carbocycles. The molecule has 0 saturated carbocycles. The summed E-state index contributed by atoms with van der Waals surface area (Å²) in [5.41, 5.74) is 9.95. The molecule has 0 atom stereocenters. The molecule has 0 aliphatic rings. The summed E-state index contributed by atoms with van der Waals surface area (Å²) in [5.74, 6) is 0. The SMILES string of the molecule is c1ccc(-c2ccccc2N(c2ccc(-c3cccc4cc5oc6ccccc6c5cc34)cc2)c2cc3ccccc3c3ccccc23)cc1. The topological polar surface area (TPSA) is 16.4 Å². The van der Waals surface area contributed by atoms with E-state index in [4.69, 9.17) is 4.42 Å². The van der Waals surface area contributed by atoms with Gasteiger partial charge in [0.05, 0.1) is 11.4 Å². The lowest BCUT2D eigenvalue weighted by atomic mass is 9.95. The van der Waals surface area contributed by atoms with Crippen LogP contribution in [0.5, 0.6) is 0 Å². The summed E-state index contributed by atoms with van der Waals surface area (Å²) in [6.07, 6.45) is 0. The molecule has 0 N–H and O–H groups in total. The van der Waals surface area contributed by atoms with Crippen molar-refractivity contribution in [3.63, 3.8) is 0 Å². The Balaban J connectivity index is 1.18. The summed E-state index contributed by atoms with van der Waals surface area (Å²) in [6.45, 7) is 0. The minimum atomic E-state index is 0.917. The predicted octanol–water partition coefficient (Wildman–Crippen LogP) is 13.8. The predicted molar refractivity (Wildman–Crippen MR) is 212 cm³/mol. The van der Waals surface area contributed by atoms with Gasteiger partial charge in [-0.05, 0) is 86.1 Å². The first-order chi connectivity index (χ1) is 24.8. The molecule has 234 valence electrons. The molecule has 0 radical (unpaired) electrons. The van der Waals surface area contributed by atoms with Gasteiger partial charge in [0.15, 0.2) is 0 Å². The largest absolute Gasteiger partial charge is 0.456 e. The van der Waals surface area contributed by atoms with E-state index >= 15 is 0 Å². The van der Waals surface area contributed by atoms with Crippen molar-refractivity contribution in [2.24, 2.45) is 0 Å². The van der Waals surface area contributed by atoms with E-state index in [2.05, 4.69) is 181 Å². The first kappa shape index (κ1) is 28.4. The molecule has 9 aromatic carbocycles. The van der Waals surface area contributed by atoms with Gasteiger partial charge in [-0.2, -0.15) is 0 Å². The third kappa shape index (κ3) is 4.57. The van der Waals surface area contributed by atoms with E-state index in [1.807, 2.05) is 12.1 Å². The highest BCUT2D eigenvalue weighted by Crippen LogP contribution is 2.46. The summed E-state index contributed by atoms with van der Waals surface area (Å²) in [6, 6.07) is 67.6. The third-order valence-electron chi connectivity index (χ3n) is 10.0. The molecular formula is C48H31NO. The van der Waals surface area contributed by atoms with E-state index in [-0.39, 0.29) is 0 Å². The normalized spacial score (nSPS) is 11.6. The van der Waals surface area contributed by atoms with Gasteiger partial charge < -0.3 is 9.32 Å². The van der Waals surface area contributed by atoms with Gasteiger partial charge in [-0.1, -0.05) is 146 Å². The van der Waals surface area contributed by atoms with Crippen LogP contribution in [0.15, 0.2) is 192 Å². The van der Waals surface area contributed by atoms with Crippen LogP contribution in [0.2, 0.25) is 0 Å². The Bertz CT molecular complexity index is 2870. The molecule has 10 rings (SSSR count). The van der Waals surface area contributed by atoms with E-state index in [0.717, 1.165) is 39.0 Å². The Labute approximate surface area is 290 Å². The number of furan rings is 1. The van der Waals surface area contributed by atoms with Crippen molar-refractivity contribution in [2.45, 2.75) is 0 Å². The molecule has 1 heterocycles. The molecule has 0 bridgehead atoms. The molecule has 0 spiro atoms. The van der Waals surface area contributed by atoms with Gasteiger partial charge in [0.1, 0.15) is 11.2 Å². The van der Waals surface area contributed by atoms with Gasteiger partial charge >= 0.3 is 0 Å². The van der Waals surface area contributed by atoms with Gasteiger partial charge in [0.25, 0.3) is 0 Å². The Morgan fingerprint density at radius 3 is 1.80 bits per heavy atom. The molecule has 10 aromatic rings. The van der Waals surface area contributed by atoms with E-state index in [1.165, 1.54) is 54.6 Å². The van der Waals surface area contributed by atoms with Gasteiger partial charge in [0.2, 0.25) is 0 Å². The second-order valence-electron chi connectivity index (χ2n) is 12.9. The lowest BCUT2D eigenvalue weighted by Crippen LogP contribution is -2.12. The Morgan fingerprint density at radius 1 is 0.320 bits per heavy atom. The van der Waals surface area contributed by atoms with E-state index in [9.17, 15) is 0 Å². The molecule has 50 heavy (non-hydrogen) atoms. The van der Waals surface area contributed by atoms with Crippen molar-refractivity contribution in [3.05, 3.63) is 188 Å². The number of hydrogen-bond acceptors (Lipinski definition) is 2. The van der Waals surface area contributed by atoms with Gasteiger partial charge in [-0.15, -0.1) is 0 Å². The number of hydrogen-bond donors (Lipinski definition) is 0. The van der Waals surface area contributed by atoms with Crippen LogP contribution in [-0.4, -0.2) is 0 Å². The van der Waals surface area contributed by atoms with Crippen molar-refractivity contribution in [3.8, 4) is 22.3 Å². The maximum absolute atomic E-state index is 6.23. The quantitative estimate of drug-likeness (QED) is 0.175. The fourth-order valence-corrected chi connectivity index (χ4v) is 7.70.